The van der Waals surface area contributed by atoms with Crippen molar-refractivity contribution in [2.45, 2.75) is 19.5 Å². The summed E-state index contributed by atoms with van der Waals surface area (Å²) in [6, 6.07) is 4.82. The van der Waals surface area contributed by atoms with Crippen molar-refractivity contribution in [2.75, 3.05) is 32.7 Å². The number of halogens is 2. The molecular formula is C14H20F2N2. The second-order valence-corrected chi connectivity index (χ2v) is 4.77. The monoisotopic (exact) mass is 254 g/mol. The molecule has 0 bridgehead atoms. The summed E-state index contributed by atoms with van der Waals surface area (Å²) in [5.74, 6) is -0.428. The first-order chi connectivity index (χ1) is 8.68. The van der Waals surface area contributed by atoms with Crippen LogP contribution in [0.1, 0.15) is 24.2 Å². The van der Waals surface area contributed by atoms with Crippen LogP contribution >= 0.6 is 0 Å². The van der Waals surface area contributed by atoms with Crippen molar-refractivity contribution in [1.29, 1.82) is 0 Å². The van der Waals surface area contributed by atoms with Crippen molar-refractivity contribution < 1.29 is 8.78 Å². The molecule has 1 aliphatic rings. The highest BCUT2D eigenvalue weighted by Gasteiger charge is 2.16. The molecule has 0 radical (unpaired) electrons. The molecule has 1 aromatic carbocycles. The molecule has 1 fully saturated rings. The first-order valence-electron chi connectivity index (χ1n) is 6.53. The van der Waals surface area contributed by atoms with E-state index in [2.05, 4.69) is 10.2 Å². The molecule has 1 aliphatic heterocycles. The minimum absolute atomic E-state index is 0.229. The second-order valence-electron chi connectivity index (χ2n) is 4.77. The van der Waals surface area contributed by atoms with Crippen molar-refractivity contribution in [3.05, 3.63) is 35.1 Å². The van der Waals surface area contributed by atoms with Gasteiger partial charge >= 0.3 is 0 Å². The highest BCUT2D eigenvalue weighted by Crippen LogP contribution is 2.24. The predicted octanol–water partition coefficient (Wildman–Crippen LogP) is 2.30. The lowest BCUT2D eigenvalue weighted by molar-refractivity contribution is 0.243. The summed E-state index contributed by atoms with van der Waals surface area (Å²) in [7, 11) is 0. The Morgan fingerprint density at radius 2 is 2.06 bits per heavy atom. The van der Waals surface area contributed by atoms with Gasteiger partial charge in [-0.15, -0.1) is 0 Å². The summed E-state index contributed by atoms with van der Waals surface area (Å²) in [6.07, 6.45) is -0.536. The van der Waals surface area contributed by atoms with Gasteiger partial charge in [-0.05, 0) is 25.0 Å². The van der Waals surface area contributed by atoms with Crippen LogP contribution in [0.25, 0.3) is 0 Å². The SMILES string of the molecule is CC(F)c1c(F)cccc1CCN1CCNCC1. The summed E-state index contributed by atoms with van der Waals surface area (Å²) >= 11 is 0. The third-order valence-corrected chi connectivity index (χ3v) is 3.45. The van der Waals surface area contributed by atoms with E-state index in [-0.39, 0.29) is 5.56 Å². The molecule has 2 rings (SSSR count). The second kappa shape index (κ2) is 6.25. The number of rotatable bonds is 4. The normalized spacial score (nSPS) is 18.8. The Bertz CT molecular complexity index is 387. The summed E-state index contributed by atoms with van der Waals surface area (Å²) in [4.78, 5) is 2.33. The van der Waals surface area contributed by atoms with Gasteiger partial charge < -0.3 is 10.2 Å². The van der Waals surface area contributed by atoms with E-state index in [0.717, 1.165) is 38.3 Å². The number of benzene rings is 1. The van der Waals surface area contributed by atoms with E-state index in [4.69, 9.17) is 0 Å². The predicted molar refractivity (Wildman–Crippen MR) is 68.9 cm³/mol. The highest BCUT2D eigenvalue weighted by molar-refractivity contribution is 5.30. The highest BCUT2D eigenvalue weighted by atomic mass is 19.1. The molecule has 1 heterocycles. The number of hydrogen-bond donors (Lipinski definition) is 1. The third kappa shape index (κ3) is 3.27. The van der Waals surface area contributed by atoms with Crippen LogP contribution in [0.15, 0.2) is 18.2 Å². The van der Waals surface area contributed by atoms with Crippen molar-refractivity contribution in [1.82, 2.24) is 10.2 Å². The number of hydrogen-bond acceptors (Lipinski definition) is 2. The van der Waals surface area contributed by atoms with E-state index in [1.807, 2.05) is 6.07 Å². The number of nitrogens with one attached hydrogen (secondary N) is 1. The minimum Gasteiger partial charge on any atom is -0.314 e. The largest absolute Gasteiger partial charge is 0.314 e. The molecule has 1 aromatic rings. The molecule has 0 spiro atoms. The lowest BCUT2D eigenvalue weighted by atomic mass is 10.0. The molecule has 2 nitrogen and oxygen atoms in total. The molecule has 100 valence electrons. The average molecular weight is 254 g/mol. The average Bonchev–Trinajstić information content (AvgIpc) is 2.37. The van der Waals surface area contributed by atoms with Gasteiger partial charge in [-0.1, -0.05) is 12.1 Å². The zero-order valence-electron chi connectivity index (χ0n) is 10.8. The maximum absolute atomic E-state index is 13.6. The number of alkyl halides is 1. The van der Waals surface area contributed by atoms with E-state index in [9.17, 15) is 8.78 Å². The molecule has 4 heteroatoms. The third-order valence-electron chi connectivity index (χ3n) is 3.45. The van der Waals surface area contributed by atoms with Gasteiger partial charge in [-0.25, -0.2) is 8.78 Å². The lowest BCUT2D eigenvalue weighted by Gasteiger charge is -2.27. The van der Waals surface area contributed by atoms with Crippen LogP contribution in [0, 0.1) is 5.82 Å². The fourth-order valence-electron chi connectivity index (χ4n) is 2.46. The van der Waals surface area contributed by atoms with Crippen molar-refractivity contribution >= 4 is 0 Å². The Morgan fingerprint density at radius 1 is 1.33 bits per heavy atom. The van der Waals surface area contributed by atoms with Crippen molar-refractivity contribution in [2.24, 2.45) is 0 Å². The van der Waals surface area contributed by atoms with Gasteiger partial charge in [0.2, 0.25) is 0 Å². The van der Waals surface area contributed by atoms with E-state index in [0.29, 0.717) is 6.42 Å². The van der Waals surface area contributed by atoms with Crippen molar-refractivity contribution in [3.63, 3.8) is 0 Å². The Hall–Kier alpha value is -1.00. The van der Waals surface area contributed by atoms with Gasteiger partial charge in [0.05, 0.1) is 0 Å². The zero-order chi connectivity index (χ0) is 13.0. The van der Waals surface area contributed by atoms with Crippen LogP contribution in [0.4, 0.5) is 8.78 Å². The molecule has 0 amide bonds. The number of nitrogens with zero attached hydrogens (tertiary/aromatic N) is 1. The molecule has 1 saturated heterocycles. The smallest absolute Gasteiger partial charge is 0.129 e. The Morgan fingerprint density at radius 3 is 2.72 bits per heavy atom. The Labute approximate surface area is 107 Å². The molecule has 0 saturated carbocycles. The van der Waals surface area contributed by atoms with E-state index in [1.165, 1.54) is 13.0 Å². The van der Waals surface area contributed by atoms with Gasteiger partial charge in [0.1, 0.15) is 12.0 Å². The lowest BCUT2D eigenvalue weighted by Crippen LogP contribution is -2.44. The summed E-state index contributed by atoms with van der Waals surface area (Å²) in [5.41, 5.74) is 1.02. The van der Waals surface area contributed by atoms with E-state index >= 15 is 0 Å². The van der Waals surface area contributed by atoms with Crippen LogP contribution in [0.2, 0.25) is 0 Å². The van der Waals surface area contributed by atoms with Gasteiger partial charge in [0, 0.05) is 38.3 Å². The summed E-state index contributed by atoms with van der Waals surface area (Å²) < 4.78 is 27.1. The van der Waals surface area contributed by atoms with Crippen LogP contribution in [0.3, 0.4) is 0 Å². The molecule has 1 unspecified atom stereocenters. The van der Waals surface area contributed by atoms with Crippen LogP contribution in [-0.2, 0) is 6.42 Å². The zero-order valence-corrected chi connectivity index (χ0v) is 10.8. The Balaban J connectivity index is 2.02. The standard InChI is InChI=1S/C14H20F2N2/c1-11(15)14-12(3-2-4-13(14)16)5-8-18-9-6-17-7-10-18/h2-4,11,17H,5-10H2,1H3. The van der Waals surface area contributed by atoms with Gasteiger partial charge in [-0.3, -0.25) is 0 Å². The first-order valence-corrected chi connectivity index (χ1v) is 6.53. The molecule has 0 aromatic heterocycles. The molecule has 18 heavy (non-hydrogen) atoms. The summed E-state index contributed by atoms with van der Waals surface area (Å²) in [6.45, 7) is 6.27. The fraction of sp³-hybridized carbons (Fsp3) is 0.571. The molecule has 1 atom stereocenters. The maximum Gasteiger partial charge on any atom is 0.129 e. The van der Waals surface area contributed by atoms with Gasteiger partial charge in [-0.2, -0.15) is 0 Å². The maximum atomic E-state index is 13.6. The topological polar surface area (TPSA) is 15.3 Å². The van der Waals surface area contributed by atoms with Crippen LogP contribution in [-0.4, -0.2) is 37.6 Å². The van der Waals surface area contributed by atoms with Gasteiger partial charge in [0.25, 0.3) is 0 Å². The molecular weight excluding hydrogens is 234 g/mol. The van der Waals surface area contributed by atoms with E-state index in [1.54, 1.807) is 6.07 Å². The fourth-order valence-corrected chi connectivity index (χ4v) is 2.46. The molecule has 0 aliphatic carbocycles. The quantitative estimate of drug-likeness (QED) is 0.887. The van der Waals surface area contributed by atoms with Gasteiger partial charge in [0.15, 0.2) is 0 Å². The first kappa shape index (κ1) is 13.4. The molecule has 1 N–H and O–H groups in total. The van der Waals surface area contributed by atoms with Crippen molar-refractivity contribution in [3.8, 4) is 0 Å². The van der Waals surface area contributed by atoms with Crippen LogP contribution in [0.5, 0.6) is 0 Å². The summed E-state index contributed by atoms with van der Waals surface area (Å²) in [5, 5.41) is 3.29. The minimum atomic E-state index is -1.25. The van der Waals surface area contributed by atoms with E-state index < -0.39 is 12.0 Å². The number of piperazine rings is 1. The Kier molecular flexibility index (Phi) is 4.66. The van der Waals surface area contributed by atoms with Crippen LogP contribution < -0.4 is 5.32 Å².